The Morgan fingerprint density at radius 1 is 1.03 bits per heavy atom. The largest absolute Gasteiger partial charge is 0.492 e. The summed E-state index contributed by atoms with van der Waals surface area (Å²) in [6.45, 7) is 2.86. The van der Waals surface area contributed by atoms with E-state index in [0.29, 0.717) is 30.2 Å². The predicted molar refractivity (Wildman–Crippen MR) is 133 cm³/mol. The Kier molecular flexibility index (Phi) is 8.91. The van der Waals surface area contributed by atoms with Crippen LogP contribution in [0.5, 0.6) is 5.75 Å². The van der Waals surface area contributed by atoms with Crippen molar-refractivity contribution in [3.63, 3.8) is 0 Å². The maximum absolute atomic E-state index is 12.4. The third kappa shape index (κ3) is 7.55. The van der Waals surface area contributed by atoms with Crippen LogP contribution in [0.15, 0.2) is 84.0 Å². The number of nitrogens with zero attached hydrogens (tertiary/aromatic N) is 3. The summed E-state index contributed by atoms with van der Waals surface area (Å²) in [4.78, 5) is 34.7. The number of rotatable bonds is 12. The Labute approximate surface area is 199 Å². The number of carboxylic acid groups (broad SMARTS) is 1. The third-order valence-electron chi connectivity index (χ3n) is 5.26. The van der Waals surface area contributed by atoms with E-state index < -0.39 is 12.0 Å². The van der Waals surface area contributed by atoms with Crippen LogP contribution in [0, 0.1) is 0 Å². The molecule has 1 atom stereocenters. The van der Waals surface area contributed by atoms with E-state index in [4.69, 9.17) is 4.74 Å². The highest BCUT2D eigenvalue weighted by atomic mass is 16.5. The first kappa shape index (κ1) is 24.6. The molecule has 3 rings (SSSR count). The van der Waals surface area contributed by atoms with Gasteiger partial charge in [0.2, 0.25) is 0 Å². The van der Waals surface area contributed by atoms with Crippen molar-refractivity contribution in [1.82, 2.24) is 4.98 Å². The van der Waals surface area contributed by atoms with Gasteiger partial charge in [-0.1, -0.05) is 48.5 Å². The van der Waals surface area contributed by atoms with Crippen LogP contribution in [0.1, 0.15) is 29.3 Å². The molecule has 0 amide bonds. The number of Topliss-reactive ketones (excluding diaryl/α,β-unsaturated/α-hetero) is 1. The highest BCUT2D eigenvalue weighted by Gasteiger charge is 2.18. The van der Waals surface area contributed by atoms with Gasteiger partial charge in [-0.15, -0.1) is 0 Å². The van der Waals surface area contributed by atoms with Gasteiger partial charge in [0.25, 0.3) is 0 Å². The van der Waals surface area contributed by atoms with Crippen molar-refractivity contribution in [3.8, 4) is 5.75 Å². The summed E-state index contributed by atoms with van der Waals surface area (Å²) in [6.07, 6.45) is 2.07. The topological polar surface area (TPSA) is 92.1 Å². The fourth-order valence-electron chi connectivity index (χ4n) is 3.40. The highest BCUT2D eigenvalue weighted by molar-refractivity contribution is 6.09. The van der Waals surface area contributed by atoms with Crippen molar-refractivity contribution in [1.29, 1.82) is 0 Å². The van der Waals surface area contributed by atoms with Gasteiger partial charge in [-0.3, -0.25) is 9.79 Å². The van der Waals surface area contributed by atoms with Crippen molar-refractivity contribution in [2.75, 3.05) is 25.1 Å². The summed E-state index contributed by atoms with van der Waals surface area (Å²) >= 11 is 0. The Morgan fingerprint density at radius 3 is 2.38 bits per heavy atom. The van der Waals surface area contributed by atoms with Gasteiger partial charge in [0, 0.05) is 37.4 Å². The van der Waals surface area contributed by atoms with E-state index in [1.54, 1.807) is 37.4 Å². The summed E-state index contributed by atoms with van der Waals surface area (Å²) < 4.78 is 5.81. The molecule has 0 aliphatic rings. The number of anilines is 1. The number of carbonyl (C=O) groups is 2. The summed E-state index contributed by atoms with van der Waals surface area (Å²) in [5.74, 6) is 0.478. The van der Waals surface area contributed by atoms with Gasteiger partial charge < -0.3 is 14.7 Å². The second-order valence-electron chi connectivity index (χ2n) is 7.99. The SMILES string of the molecule is CC(CC(=O)c1ccccc1)=N[C@@H](Cc1ccc(OCCN(C)c2ccccn2)cc1)C(=O)O. The molecular formula is C27H29N3O4. The molecule has 0 bridgehead atoms. The van der Waals surface area contributed by atoms with Crippen molar-refractivity contribution >= 4 is 23.3 Å². The number of carbonyl (C=O) groups excluding carboxylic acids is 1. The molecule has 1 heterocycles. The molecule has 7 nitrogen and oxygen atoms in total. The Morgan fingerprint density at radius 2 is 1.74 bits per heavy atom. The first-order valence-electron chi connectivity index (χ1n) is 11.1. The molecule has 1 aromatic heterocycles. The Bertz CT molecular complexity index is 1100. The summed E-state index contributed by atoms with van der Waals surface area (Å²) in [5.41, 5.74) is 1.92. The van der Waals surface area contributed by atoms with E-state index in [2.05, 4.69) is 9.98 Å². The van der Waals surface area contributed by atoms with Crippen LogP contribution >= 0.6 is 0 Å². The van der Waals surface area contributed by atoms with Gasteiger partial charge in [0.05, 0.1) is 6.54 Å². The number of ketones is 1. The minimum atomic E-state index is -1.02. The van der Waals surface area contributed by atoms with Crippen molar-refractivity contribution in [3.05, 3.63) is 90.1 Å². The maximum Gasteiger partial charge on any atom is 0.328 e. The maximum atomic E-state index is 12.4. The first-order valence-corrected chi connectivity index (χ1v) is 11.1. The Hall–Kier alpha value is -4.00. The van der Waals surface area contributed by atoms with E-state index in [0.717, 1.165) is 11.4 Å². The van der Waals surface area contributed by atoms with Crippen LogP contribution in [0.25, 0.3) is 0 Å². The molecule has 0 saturated heterocycles. The standard InChI is InChI=1S/C27H29N3O4/c1-20(18-25(31)22-8-4-3-5-9-22)29-24(27(32)33)19-21-11-13-23(14-12-21)34-17-16-30(2)26-10-6-7-15-28-26/h3-15,24H,16-19H2,1-2H3,(H,32,33)/t24-/m0/s1. The smallest absolute Gasteiger partial charge is 0.328 e. The fraction of sp³-hybridized carbons (Fsp3) is 0.259. The quantitative estimate of drug-likeness (QED) is 0.320. The van der Waals surface area contributed by atoms with Gasteiger partial charge >= 0.3 is 5.97 Å². The highest BCUT2D eigenvalue weighted by Crippen LogP contribution is 2.16. The Balaban J connectivity index is 1.52. The minimum absolute atomic E-state index is 0.0822. The molecule has 0 saturated carbocycles. The van der Waals surface area contributed by atoms with Gasteiger partial charge in [-0.25, -0.2) is 9.78 Å². The zero-order valence-electron chi connectivity index (χ0n) is 19.4. The summed E-state index contributed by atoms with van der Waals surface area (Å²) in [7, 11) is 1.96. The summed E-state index contributed by atoms with van der Waals surface area (Å²) in [6, 6.07) is 21.0. The molecule has 3 aromatic rings. The number of aliphatic imine (C=N–C) groups is 1. The van der Waals surface area contributed by atoms with E-state index in [1.165, 1.54) is 0 Å². The number of aliphatic carboxylic acids is 1. The number of ether oxygens (including phenoxy) is 1. The van der Waals surface area contributed by atoms with Crippen LogP contribution < -0.4 is 9.64 Å². The van der Waals surface area contributed by atoms with Crippen LogP contribution in [-0.4, -0.2) is 53.8 Å². The van der Waals surface area contributed by atoms with E-state index in [-0.39, 0.29) is 18.6 Å². The lowest BCUT2D eigenvalue weighted by Crippen LogP contribution is -2.24. The van der Waals surface area contributed by atoms with Gasteiger partial charge in [-0.05, 0) is 36.8 Å². The second-order valence-corrected chi connectivity index (χ2v) is 7.99. The molecule has 2 aromatic carbocycles. The molecule has 0 radical (unpaired) electrons. The molecule has 34 heavy (non-hydrogen) atoms. The molecule has 7 heteroatoms. The predicted octanol–water partition coefficient (Wildman–Crippen LogP) is 4.33. The monoisotopic (exact) mass is 459 g/mol. The molecule has 176 valence electrons. The minimum Gasteiger partial charge on any atom is -0.492 e. The second kappa shape index (κ2) is 12.3. The number of hydrogen-bond donors (Lipinski definition) is 1. The number of hydrogen-bond acceptors (Lipinski definition) is 6. The molecule has 0 spiro atoms. The molecule has 0 aliphatic carbocycles. The van der Waals surface area contributed by atoms with E-state index >= 15 is 0 Å². The number of benzene rings is 2. The van der Waals surface area contributed by atoms with Crippen molar-refractivity contribution in [2.45, 2.75) is 25.8 Å². The lowest BCUT2D eigenvalue weighted by Gasteiger charge is -2.18. The van der Waals surface area contributed by atoms with Crippen LogP contribution in [0.3, 0.4) is 0 Å². The third-order valence-corrected chi connectivity index (χ3v) is 5.26. The molecule has 0 aliphatic heterocycles. The number of carboxylic acids is 1. The van der Waals surface area contributed by atoms with Gasteiger partial charge in [0.1, 0.15) is 18.2 Å². The van der Waals surface area contributed by atoms with E-state index in [1.807, 2.05) is 60.5 Å². The van der Waals surface area contributed by atoms with Crippen LogP contribution in [-0.2, 0) is 11.2 Å². The zero-order chi connectivity index (χ0) is 24.3. The summed E-state index contributed by atoms with van der Waals surface area (Å²) in [5, 5.41) is 9.62. The lowest BCUT2D eigenvalue weighted by molar-refractivity contribution is -0.138. The van der Waals surface area contributed by atoms with Gasteiger partial charge in [0.15, 0.2) is 11.8 Å². The first-order chi connectivity index (χ1) is 16.4. The molecule has 0 unspecified atom stereocenters. The lowest BCUT2D eigenvalue weighted by atomic mass is 10.0. The normalized spacial score (nSPS) is 12.1. The van der Waals surface area contributed by atoms with Crippen LogP contribution in [0.2, 0.25) is 0 Å². The molecule has 1 N–H and O–H groups in total. The molecular weight excluding hydrogens is 430 g/mol. The van der Waals surface area contributed by atoms with Crippen molar-refractivity contribution < 1.29 is 19.4 Å². The van der Waals surface area contributed by atoms with Crippen molar-refractivity contribution in [2.24, 2.45) is 4.99 Å². The average Bonchev–Trinajstić information content (AvgIpc) is 2.85. The molecule has 0 fully saturated rings. The fourth-order valence-corrected chi connectivity index (χ4v) is 3.40. The van der Waals surface area contributed by atoms with E-state index in [9.17, 15) is 14.7 Å². The number of aromatic nitrogens is 1. The van der Waals surface area contributed by atoms with Gasteiger partial charge in [-0.2, -0.15) is 0 Å². The van der Waals surface area contributed by atoms with Crippen LogP contribution in [0.4, 0.5) is 5.82 Å². The number of pyridine rings is 1. The zero-order valence-corrected chi connectivity index (χ0v) is 19.4. The number of likely N-dealkylation sites (N-methyl/N-ethyl adjacent to an activating group) is 1. The average molecular weight is 460 g/mol.